The summed E-state index contributed by atoms with van der Waals surface area (Å²) in [5.74, 6) is 0.387. The lowest BCUT2D eigenvalue weighted by molar-refractivity contribution is -0.0894. The predicted molar refractivity (Wildman–Crippen MR) is 177 cm³/mol. The molecule has 6 heterocycles. The molecular weight excluding hydrogens is 528 g/mol. The molecule has 0 radical (unpaired) electrons. The highest BCUT2D eigenvalue weighted by atomic mass is 16.3. The Bertz CT molecular complexity index is 1600. The third-order valence-electron chi connectivity index (χ3n) is 11.7. The number of aromatic nitrogens is 2. The number of fused-ring (bicyclic) bond motifs is 5. The number of nitrogens with zero attached hydrogens (tertiary/aromatic N) is 4. The molecule has 2 saturated heterocycles. The van der Waals surface area contributed by atoms with Gasteiger partial charge in [-0.05, 0) is 120 Å². The van der Waals surface area contributed by atoms with Crippen LogP contribution in [0.25, 0.3) is 27.4 Å². The minimum Gasteiger partial charge on any atom is -0.384 e. The molecule has 8 rings (SSSR count). The van der Waals surface area contributed by atoms with Crippen LogP contribution < -0.4 is 0 Å². The number of para-hydroxylation sites is 1. The summed E-state index contributed by atoms with van der Waals surface area (Å²) in [5.41, 5.74) is 4.06. The summed E-state index contributed by atoms with van der Waals surface area (Å²) in [4.78, 5) is 10.8. The van der Waals surface area contributed by atoms with Crippen LogP contribution in [-0.2, 0) is 6.54 Å². The first-order chi connectivity index (χ1) is 21.1. The van der Waals surface area contributed by atoms with Crippen LogP contribution in [0.4, 0.5) is 0 Å². The van der Waals surface area contributed by atoms with Crippen molar-refractivity contribution < 1.29 is 5.11 Å². The summed E-state index contributed by atoms with van der Waals surface area (Å²) < 4.78 is 2.47. The van der Waals surface area contributed by atoms with Crippen molar-refractivity contribution in [2.24, 2.45) is 11.3 Å². The van der Waals surface area contributed by atoms with Crippen LogP contribution in [0.5, 0.6) is 0 Å². The normalized spacial score (nSPS) is 36.5. The summed E-state index contributed by atoms with van der Waals surface area (Å²) >= 11 is 0. The number of hydrogen-bond donors (Lipinski definition) is 1. The Morgan fingerprint density at radius 2 is 1.77 bits per heavy atom. The van der Waals surface area contributed by atoms with Gasteiger partial charge in [0, 0.05) is 47.0 Å². The zero-order valence-electron chi connectivity index (χ0n) is 25.9. The van der Waals surface area contributed by atoms with E-state index < -0.39 is 5.60 Å². The Balaban J connectivity index is 1.37. The van der Waals surface area contributed by atoms with E-state index in [1.54, 1.807) is 0 Å². The molecule has 1 unspecified atom stereocenters. The Morgan fingerprint density at radius 3 is 2.67 bits per heavy atom. The number of aryl methyl sites for hydroxylation is 1. The molecular formula is C38H48N4O. The van der Waals surface area contributed by atoms with Crippen molar-refractivity contribution >= 4 is 27.4 Å². The maximum absolute atomic E-state index is 13.2. The Morgan fingerprint density at radius 1 is 0.930 bits per heavy atom. The van der Waals surface area contributed by atoms with E-state index in [0.29, 0.717) is 12.0 Å². The highest BCUT2D eigenvalue weighted by Crippen LogP contribution is 2.61. The van der Waals surface area contributed by atoms with E-state index in [9.17, 15) is 5.11 Å². The third kappa shape index (κ3) is 4.41. The zero-order valence-corrected chi connectivity index (χ0v) is 25.9. The second kappa shape index (κ2) is 11.0. The van der Waals surface area contributed by atoms with Crippen LogP contribution in [0, 0.1) is 11.3 Å². The van der Waals surface area contributed by atoms with E-state index in [-0.39, 0.29) is 11.5 Å². The molecule has 3 bridgehead atoms. The monoisotopic (exact) mass is 576 g/mol. The number of hydrogen-bond acceptors (Lipinski definition) is 4. The molecule has 2 fully saturated rings. The van der Waals surface area contributed by atoms with Gasteiger partial charge in [0.25, 0.3) is 0 Å². The molecule has 3 aromatic rings. The second-order valence-electron chi connectivity index (χ2n) is 14.1. The van der Waals surface area contributed by atoms with E-state index in [4.69, 9.17) is 4.98 Å². The lowest BCUT2D eigenvalue weighted by atomic mass is 9.54. The fourth-order valence-corrected chi connectivity index (χ4v) is 10.1. The van der Waals surface area contributed by atoms with Crippen molar-refractivity contribution in [1.82, 2.24) is 19.4 Å². The Labute approximate surface area is 257 Å². The minimum absolute atomic E-state index is 0.00109. The standard InChI is InChI=1S/C38H48N4O/c1-2-41-33-17-11-10-16-29(33)30-18-21-39-34(35(30)41)31-26-38(43)20-12-6-3-4-7-13-22-40-24-19-32(31)37(27-40)25-28-15-9-5-8-14-23-42(28)36(37)38/h3,6,9-11,15-18,21,26,28,32,36,43H,2,4-5,7-8,12-14,19-20,22-25,27H2,1H3/b6-3-,15-9-/t28-,32-,36+,37-,38-/m0/s1. The number of piperidine rings is 1. The van der Waals surface area contributed by atoms with Crippen molar-refractivity contribution in [3.05, 3.63) is 72.6 Å². The summed E-state index contributed by atoms with van der Waals surface area (Å²) in [6.07, 6.45) is 25.3. The molecule has 5 aliphatic rings. The molecule has 4 aliphatic heterocycles. The van der Waals surface area contributed by atoms with Gasteiger partial charge in [0.2, 0.25) is 0 Å². The zero-order chi connectivity index (χ0) is 29.0. The van der Waals surface area contributed by atoms with Gasteiger partial charge in [0.1, 0.15) is 0 Å². The molecule has 43 heavy (non-hydrogen) atoms. The highest BCUT2D eigenvalue weighted by molar-refractivity contribution is 6.10. The highest BCUT2D eigenvalue weighted by Gasteiger charge is 2.65. The van der Waals surface area contributed by atoms with E-state index in [0.717, 1.165) is 64.0 Å². The topological polar surface area (TPSA) is 44.5 Å². The number of rotatable bonds is 2. The van der Waals surface area contributed by atoms with Crippen LogP contribution in [0.3, 0.4) is 0 Å². The molecule has 5 nitrogen and oxygen atoms in total. The van der Waals surface area contributed by atoms with Gasteiger partial charge in [-0.15, -0.1) is 0 Å². The van der Waals surface area contributed by atoms with Crippen LogP contribution in [-0.4, -0.2) is 68.3 Å². The van der Waals surface area contributed by atoms with Gasteiger partial charge in [-0.2, -0.15) is 0 Å². The lowest BCUT2D eigenvalue weighted by Gasteiger charge is -2.58. The SMILES string of the molecule is CCn1c2ccccc2c2ccnc(C3=C[C@@]4(O)CC/C=C\CCCCN5CC[C@@H]3[C@]3(C[C@@H]6/C=C\CCCCN6[C@H]34)C5)c21. The molecule has 5 heteroatoms. The van der Waals surface area contributed by atoms with Gasteiger partial charge in [-0.1, -0.05) is 42.5 Å². The van der Waals surface area contributed by atoms with Gasteiger partial charge in [0.05, 0.1) is 22.9 Å². The average molecular weight is 577 g/mol. The first kappa shape index (κ1) is 27.8. The largest absolute Gasteiger partial charge is 0.384 e. The van der Waals surface area contributed by atoms with E-state index in [2.05, 4.69) is 82.0 Å². The number of allylic oxidation sites excluding steroid dienone is 4. The van der Waals surface area contributed by atoms with Gasteiger partial charge in [-0.3, -0.25) is 9.88 Å². The Kier molecular flexibility index (Phi) is 7.12. The molecule has 1 aromatic carbocycles. The van der Waals surface area contributed by atoms with Crippen LogP contribution in [0.15, 0.2) is 66.9 Å². The lowest BCUT2D eigenvalue weighted by Crippen LogP contribution is -2.65. The summed E-state index contributed by atoms with van der Waals surface area (Å²) in [6, 6.07) is 11.6. The quantitative estimate of drug-likeness (QED) is 0.324. The van der Waals surface area contributed by atoms with Crippen LogP contribution in [0.1, 0.15) is 76.8 Å². The van der Waals surface area contributed by atoms with Crippen molar-refractivity contribution in [3.63, 3.8) is 0 Å². The summed E-state index contributed by atoms with van der Waals surface area (Å²) in [5, 5.41) is 15.8. The van der Waals surface area contributed by atoms with Gasteiger partial charge >= 0.3 is 0 Å². The van der Waals surface area contributed by atoms with E-state index >= 15 is 0 Å². The molecule has 6 atom stereocenters. The summed E-state index contributed by atoms with van der Waals surface area (Å²) in [6.45, 7) is 7.64. The maximum atomic E-state index is 13.2. The first-order valence-electron chi connectivity index (χ1n) is 17.2. The van der Waals surface area contributed by atoms with Gasteiger partial charge in [0.15, 0.2) is 0 Å². The van der Waals surface area contributed by atoms with Crippen LogP contribution >= 0.6 is 0 Å². The van der Waals surface area contributed by atoms with E-state index in [1.807, 2.05) is 6.20 Å². The van der Waals surface area contributed by atoms with Crippen molar-refractivity contribution in [1.29, 1.82) is 0 Å². The molecule has 0 saturated carbocycles. The summed E-state index contributed by atoms with van der Waals surface area (Å²) in [7, 11) is 0. The molecule has 0 amide bonds. The fraction of sp³-hybridized carbons (Fsp3) is 0.553. The first-order valence-corrected chi connectivity index (χ1v) is 17.2. The fourth-order valence-electron chi connectivity index (χ4n) is 10.1. The van der Waals surface area contributed by atoms with Gasteiger partial charge in [-0.25, -0.2) is 0 Å². The Hall–Kier alpha value is -2.73. The van der Waals surface area contributed by atoms with Crippen molar-refractivity contribution in [3.8, 4) is 0 Å². The van der Waals surface area contributed by atoms with E-state index in [1.165, 1.54) is 66.0 Å². The molecule has 226 valence electrons. The molecule has 2 aromatic heterocycles. The maximum Gasteiger partial charge on any atom is 0.0998 e. The molecule has 1 aliphatic carbocycles. The average Bonchev–Trinajstić information content (AvgIpc) is 3.50. The van der Waals surface area contributed by atoms with Crippen molar-refractivity contribution in [2.45, 2.75) is 95.4 Å². The second-order valence-corrected chi connectivity index (χ2v) is 14.1. The predicted octanol–water partition coefficient (Wildman–Crippen LogP) is 7.35. The smallest absolute Gasteiger partial charge is 0.0998 e. The third-order valence-corrected chi connectivity index (χ3v) is 11.7. The molecule has 1 spiro atoms. The minimum atomic E-state index is -0.901. The van der Waals surface area contributed by atoms with Crippen LogP contribution in [0.2, 0.25) is 0 Å². The number of benzene rings is 1. The number of pyridine rings is 1. The van der Waals surface area contributed by atoms with Crippen molar-refractivity contribution in [2.75, 3.05) is 26.2 Å². The molecule has 1 N–H and O–H groups in total. The number of aliphatic hydroxyl groups is 1. The van der Waals surface area contributed by atoms with Gasteiger partial charge < -0.3 is 14.6 Å².